The van der Waals surface area contributed by atoms with Gasteiger partial charge in [0.1, 0.15) is 0 Å². The van der Waals surface area contributed by atoms with E-state index in [0.717, 1.165) is 19.6 Å². The van der Waals surface area contributed by atoms with Gasteiger partial charge >= 0.3 is 0 Å². The summed E-state index contributed by atoms with van der Waals surface area (Å²) in [5.41, 5.74) is 2.87. The molecule has 1 aliphatic rings. The summed E-state index contributed by atoms with van der Waals surface area (Å²) in [6.45, 7) is 10.2. The summed E-state index contributed by atoms with van der Waals surface area (Å²) in [5.74, 6) is 0.633. The molecule has 1 N–H and O–H groups in total. The molecule has 1 aliphatic heterocycles. The molecule has 1 fully saturated rings. The van der Waals surface area contributed by atoms with Crippen LogP contribution in [0.1, 0.15) is 30.9 Å². The van der Waals surface area contributed by atoms with Crippen molar-refractivity contribution in [2.45, 2.75) is 26.3 Å². The van der Waals surface area contributed by atoms with Gasteiger partial charge in [-0.15, -0.1) is 0 Å². The number of hydrogen-bond acceptors (Lipinski definition) is 2. The van der Waals surface area contributed by atoms with Crippen molar-refractivity contribution in [1.82, 2.24) is 10.2 Å². The van der Waals surface area contributed by atoms with Crippen LogP contribution in [0, 0.1) is 0 Å². The van der Waals surface area contributed by atoms with Crippen LogP contribution in [0.3, 0.4) is 0 Å². The molecular weight excluding hydrogens is 196 g/mol. The Labute approximate surface area is 98.7 Å². The molecule has 0 atom stereocenters. The zero-order valence-corrected chi connectivity index (χ0v) is 10.4. The first kappa shape index (κ1) is 11.6. The lowest BCUT2D eigenvalue weighted by Gasteiger charge is -2.27. The minimum absolute atomic E-state index is 0.633. The highest BCUT2D eigenvalue weighted by atomic mass is 15.2. The Balaban J connectivity index is 1.93. The maximum absolute atomic E-state index is 3.38. The van der Waals surface area contributed by atoms with Gasteiger partial charge in [-0.2, -0.15) is 0 Å². The van der Waals surface area contributed by atoms with Crippen LogP contribution in [-0.4, -0.2) is 31.1 Å². The number of hydrogen-bond donors (Lipinski definition) is 1. The van der Waals surface area contributed by atoms with E-state index in [1.54, 1.807) is 0 Å². The fourth-order valence-electron chi connectivity index (χ4n) is 2.14. The topological polar surface area (TPSA) is 15.3 Å². The lowest BCUT2D eigenvalue weighted by molar-refractivity contribution is 0.233. The summed E-state index contributed by atoms with van der Waals surface area (Å²) in [6.07, 6.45) is 0. The summed E-state index contributed by atoms with van der Waals surface area (Å²) in [4.78, 5) is 2.51. The lowest BCUT2D eigenvalue weighted by Crippen LogP contribution is -2.42. The van der Waals surface area contributed by atoms with E-state index in [2.05, 4.69) is 48.3 Å². The third kappa shape index (κ3) is 3.06. The highest BCUT2D eigenvalue weighted by Gasteiger charge is 2.09. The van der Waals surface area contributed by atoms with Crippen LogP contribution in [0.5, 0.6) is 0 Å². The SMILES string of the molecule is CC(C)c1ccc(CN2CCNCC2)cc1. The van der Waals surface area contributed by atoms with E-state index in [1.165, 1.54) is 24.2 Å². The van der Waals surface area contributed by atoms with Crippen molar-refractivity contribution in [3.8, 4) is 0 Å². The summed E-state index contributed by atoms with van der Waals surface area (Å²) >= 11 is 0. The maximum atomic E-state index is 3.38. The normalized spacial score (nSPS) is 17.9. The Hall–Kier alpha value is -0.860. The smallest absolute Gasteiger partial charge is 0.0234 e. The first-order valence-electron chi connectivity index (χ1n) is 6.27. The largest absolute Gasteiger partial charge is 0.314 e. The second-order valence-corrected chi connectivity index (χ2v) is 4.92. The molecular formula is C14H22N2. The fourth-order valence-corrected chi connectivity index (χ4v) is 2.14. The van der Waals surface area contributed by atoms with Gasteiger partial charge in [0.2, 0.25) is 0 Å². The molecule has 0 aromatic heterocycles. The molecule has 1 heterocycles. The van der Waals surface area contributed by atoms with Crippen LogP contribution in [-0.2, 0) is 6.54 Å². The van der Waals surface area contributed by atoms with Crippen molar-refractivity contribution in [3.05, 3.63) is 35.4 Å². The van der Waals surface area contributed by atoms with Crippen molar-refractivity contribution in [2.24, 2.45) is 0 Å². The summed E-state index contributed by atoms with van der Waals surface area (Å²) in [5, 5.41) is 3.38. The van der Waals surface area contributed by atoms with Crippen molar-refractivity contribution < 1.29 is 0 Å². The zero-order chi connectivity index (χ0) is 11.4. The molecule has 0 amide bonds. The van der Waals surface area contributed by atoms with E-state index in [4.69, 9.17) is 0 Å². The van der Waals surface area contributed by atoms with Gasteiger partial charge in [-0.05, 0) is 17.0 Å². The predicted octanol–water partition coefficient (Wildman–Crippen LogP) is 2.22. The van der Waals surface area contributed by atoms with E-state index < -0.39 is 0 Å². The van der Waals surface area contributed by atoms with Crippen LogP contribution in [0.2, 0.25) is 0 Å². The second-order valence-electron chi connectivity index (χ2n) is 4.92. The lowest BCUT2D eigenvalue weighted by atomic mass is 10.0. The first-order chi connectivity index (χ1) is 7.75. The number of benzene rings is 1. The molecule has 0 bridgehead atoms. The van der Waals surface area contributed by atoms with Crippen LogP contribution in [0.15, 0.2) is 24.3 Å². The summed E-state index contributed by atoms with van der Waals surface area (Å²) in [6, 6.07) is 9.08. The van der Waals surface area contributed by atoms with Gasteiger partial charge in [0.15, 0.2) is 0 Å². The number of rotatable bonds is 3. The van der Waals surface area contributed by atoms with Crippen LogP contribution >= 0.6 is 0 Å². The van der Waals surface area contributed by atoms with Gasteiger partial charge in [0.05, 0.1) is 0 Å². The quantitative estimate of drug-likeness (QED) is 0.837. The summed E-state index contributed by atoms with van der Waals surface area (Å²) < 4.78 is 0. The fraction of sp³-hybridized carbons (Fsp3) is 0.571. The van der Waals surface area contributed by atoms with E-state index >= 15 is 0 Å². The molecule has 2 nitrogen and oxygen atoms in total. The third-order valence-electron chi connectivity index (χ3n) is 3.26. The molecule has 2 rings (SSSR count). The highest BCUT2D eigenvalue weighted by molar-refractivity contribution is 5.24. The van der Waals surface area contributed by atoms with E-state index in [1.807, 2.05) is 0 Å². The minimum Gasteiger partial charge on any atom is -0.314 e. The summed E-state index contributed by atoms with van der Waals surface area (Å²) in [7, 11) is 0. The average Bonchev–Trinajstić information content (AvgIpc) is 2.31. The molecule has 0 unspecified atom stereocenters. The second kappa shape index (κ2) is 5.46. The van der Waals surface area contributed by atoms with Gasteiger partial charge in [0.25, 0.3) is 0 Å². The Morgan fingerprint density at radius 2 is 1.75 bits per heavy atom. The van der Waals surface area contributed by atoms with Crippen molar-refractivity contribution in [2.75, 3.05) is 26.2 Å². The molecule has 2 heteroatoms. The van der Waals surface area contributed by atoms with Crippen molar-refractivity contribution >= 4 is 0 Å². The Bertz CT molecular complexity index is 310. The number of piperazine rings is 1. The van der Waals surface area contributed by atoms with Gasteiger partial charge in [-0.1, -0.05) is 38.1 Å². The van der Waals surface area contributed by atoms with Crippen molar-refractivity contribution in [1.29, 1.82) is 0 Å². The highest BCUT2D eigenvalue weighted by Crippen LogP contribution is 2.15. The van der Waals surface area contributed by atoms with E-state index in [9.17, 15) is 0 Å². The molecule has 1 saturated heterocycles. The zero-order valence-electron chi connectivity index (χ0n) is 10.4. The van der Waals surface area contributed by atoms with E-state index in [0.29, 0.717) is 5.92 Å². The Morgan fingerprint density at radius 3 is 2.31 bits per heavy atom. The predicted molar refractivity (Wildman–Crippen MR) is 68.7 cm³/mol. The molecule has 88 valence electrons. The Morgan fingerprint density at radius 1 is 1.12 bits per heavy atom. The van der Waals surface area contributed by atoms with E-state index in [-0.39, 0.29) is 0 Å². The molecule has 1 aromatic rings. The van der Waals surface area contributed by atoms with Crippen LogP contribution < -0.4 is 5.32 Å². The number of nitrogens with zero attached hydrogens (tertiary/aromatic N) is 1. The van der Waals surface area contributed by atoms with Crippen LogP contribution in [0.4, 0.5) is 0 Å². The monoisotopic (exact) mass is 218 g/mol. The first-order valence-corrected chi connectivity index (χ1v) is 6.27. The van der Waals surface area contributed by atoms with Gasteiger partial charge in [-0.25, -0.2) is 0 Å². The van der Waals surface area contributed by atoms with Gasteiger partial charge in [-0.3, -0.25) is 4.90 Å². The molecule has 1 aromatic carbocycles. The molecule has 0 spiro atoms. The van der Waals surface area contributed by atoms with Gasteiger partial charge in [0, 0.05) is 32.7 Å². The van der Waals surface area contributed by atoms with Gasteiger partial charge < -0.3 is 5.32 Å². The average molecular weight is 218 g/mol. The molecule has 0 aliphatic carbocycles. The molecule has 0 radical (unpaired) electrons. The maximum Gasteiger partial charge on any atom is 0.0234 e. The Kier molecular flexibility index (Phi) is 3.97. The standard InChI is InChI=1S/C14H22N2/c1-12(2)14-5-3-13(4-6-14)11-16-9-7-15-8-10-16/h3-6,12,15H,7-11H2,1-2H3. The molecule has 16 heavy (non-hydrogen) atoms. The number of nitrogens with one attached hydrogen (secondary N) is 1. The van der Waals surface area contributed by atoms with Crippen LogP contribution in [0.25, 0.3) is 0 Å². The van der Waals surface area contributed by atoms with Crippen molar-refractivity contribution in [3.63, 3.8) is 0 Å². The minimum atomic E-state index is 0.633. The molecule has 0 saturated carbocycles. The third-order valence-corrected chi connectivity index (χ3v) is 3.26.